The maximum Gasteiger partial charge on any atom is 0.0129 e. The molecule has 5 unspecified atom stereocenters. The first kappa shape index (κ1) is 12.9. The van der Waals surface area contributed by atoms with Gasteiger partial charge in [0.25, 0.3) is 0 Å². The van der Waals surface area contributed by atoms with Gasteiger partial charge in [-0.1, -0.05) is 20.3 Å². The van der Waals surface area contributed by atoms with Crippen molar-refractivity contribution in [2.75, 3.05) is 7.05 Å². The molecule has 2 heteroatoms. The zero-order valence-corrected chi connectivity index (χ0v) is 12.4. The van der Waals surface area contributed by atoms with Gasteiger partial charge < -0.3 is 5.32 Å². The molecule has 2 aliphatic heterocycles. The summed E-state index contributed by atoms with van der Waals surface area (Å²) < 4.78 is 0. The molecule has 0 radical (unpaired) electrons. The molecule has 3 rings (SSSR count). The van der Waals surface area contributed by atoms with E-state index in [0.717, 1.165) is 36.0 Å². The Labute approximate surface area is 113 Å². The van der Waals surface area contributed by atoms with Crippen LogP contribution in [0.4, 0.5) is 0 Å². The Balaban J connectivity index is 1.71. The van der Waals surface area contributed by atoms with Gasteiger partial charge in [-0.15, -0.1) is 0 Å². The summed E-state index contributed by atoms with van der Waals surface area (Å²) in [4.78, 5) is 2.97. The van der Waals surface area contributed by atoms with Gasteiger partial charge in [0.15, 0.2) is 0 Å². The van der Waals surface area contributed by atoms with E-state index < -0.39 is 0 Å². The summed E-state index contributed by atoms with van der Waals surface area (Å²) in [5, 5.41) is 3.52. The third-order valence-electron chi connectivity index (χ3n) is 6.29. The summed E-state index contributed by atoms with van der Waals surface area (Å²) in [5.74, 6) is 1.93. The fourth-order valence-corrected chi connectivity index (χ4v) is 5.21. The number of hydrogen-bond donors (Lipinski definition) is 1. The van der Waals surface area contributed by atoms with Gasteiger partial charge in [0, 0.05) is 24.2 Å². The first-order valence-corrected chi connectivity index (χ1v) is 8.19. The fourth-order valence-electron chi connectivity index (χ4n) is 5.21. The van der Waals surface area contributed by atoms with Crippen LogP contribution in [0.15, 0.2) is 0 Å². The summed E-state index contributed by atoms with van der Waals surface area (Å²) in [7, 11) is 2.14. The topological polar surface area (TPSA) is 15.3 Å². The van der Waals surface area contributed by atoms with Crippen molar-refractivity contribution in [3.8, 4) is 0 Å². The first-order valence-electron chi connectivity index (χ1n) is 8.19. The molecule has 1 saturated carbocycles. The van der Waals surface area contributed by atoms with Gasteiger partial charge in [0.2, 0.25) is 0 Å². The molecule has 0 aromatic carbocycles. The maximum atomic E-state index is 3.52. The standard InChI is InChI=1S/C16H30N2/c1-4-12-5-8-16(11(12)2)18-14-6-7-15(18)10-13(9-14)17-3/h11-17H,4-10H2,1-3H3. The number of nitrogens with zero attached hydrogens (tertiary/aromatic N) is 1. The van der Waals surface area contributed by atoms with E-state index in [1.807, 2.05) is 0 Å². The fraction of sp³-hybridized carbons (Fsp3) is 1.00. The van der Waals surface area contributed by atoms with Crippen LogP contribution in [-0.2, 0) is 0 Å². The molecule has 0 aromatic heterocycles. The average molecular weight is 250 g/mol. The van der Waals surface area contributed by atoms with E-state index in [1.54, 1.807) is 0 Å². The zero-order valence-electron chi connectivity index (χ0n) is 12.4. The summed E-state index contributed by atoms with van der Waals surface area (Å²) in [5.41, 5.74) is 0. The highest BCUT2D eigenvalue weighted by Gasteiger charge is 2.47. The van der Waals surface area contributed by atoms with Crippen molar-refractivity contribution in [3.63, 3.8) is 0 Å². The average Bonchev–Trinajstić information content (AvgIpc) is 2.86. The van der Waals surface area contributed by atoms with Crippen molar-refractivity contribution >= 4 is 0 Å². The van der Waals surface area contributed by atoms with Crippen molar-refractivity contribution in [1.82, 2.24) is 10.2 Å². The predicted octanol–water partition coefficient (Wildman–Crippen LogP) is 3.03. The number of piperidine rings is 1. The lowest BCUT2D eigenvalue weighted by molar-refractivity contribution is 0.0509. The van der Waals surface area contributed by atoms with Gasteiger partial charge >= 0.3 is 0 Å². The molecule has 18 heavy (non-hydrogen) atoms. The van der Waals surface area contributed by atoms with Crippen molar-refractivity contribution in [1.29, 1.82) is 0 Å². The lowest BCUT2D eigenvalue weighted by Crippen LogP contribution is -2.53. The van der Waals surface area contributed by atoms with E-state index >= 15 is 0 Å². The molecule has 2 bridgehead atoms. The zero-order chi connectivity index (χ0) is 12.7. The van der Waals surface area contributed by atoms with Gasteiger partial charge in [-0.2, -0.15) is 0 Å². The Bertz CT molecular complexity index is 277. The number of fused-ring (bicyclic) bond motifs is 2. The van der Waals surface area contributed by atoms with Crippen LogP contribution in [0, 0.1) is 11.8 Å². The van der Waals surface area contributed by atoms with E-state index in [0.29, 0.717) is 0 Å². The molecule has 0 spiro atoms. The van der Waals surface area contributed by atoms with Gasteiger partial charge in [0.05, 0.1) is 0 Å². The highest BCUT2D eigenvalue weighted by Crippen LogP contribution is 2.45. The quantitative estimate of drug-likeness (QED) is 0.828. The summed E-state index contributed by atoms with van der Waals surface area (Å²) >= 11 is 0. The van der Waals surface area contributed by atoms with Crippen molar-refractivity contribution in [2.24, 2.45) is 11.8 Å². The molecular weight excluding hydrogens is 220 g/mol. The molecule has 3 aliphatic rings. The Morgan fingerprint density at radius 3 is 2.22 bits per heavy atom. The number of hydrogen-bond acceptors (Lipinski definition) is 2. The molecule has 5 atom stereocenters. The van der Waals surface area contributed by atoms with Crippen LogP contribution in [-0.4, -0.2) is 36.1 Å². The minimum absolute atomic E-state index is 0.789. The van der Waals surface area contributed by atoms with Crippen molar-refractivity contribution in [3.05, 3.63) is 0 Å². The third kappa shape index (κ3) is 2.02. The molecule has 1 N–H and O–H groups in total. The van der Waals surface area contributed by atoms with Gasteiger partial charge in [0.1, 0.15) is 0 Å². The summed E-state index contributed by atoms with van der Waals surface area (Å²) in [6, 6.07) is 3.48. The van der Waals surface area contributed by atoms with E-state index in [4.69, 9.17) is 0 Å². The lowest BCUT2D eigenvalue weighted by Gasteiger charge is -2.44. The lowest BCUT2D eigenvalue weighted by atomic mass is 9.89. The van der Waals surface area contributed by atoms with E-state index in [-0.39, 0.29) is 0 Å². The van der Waals surface area contributed by atoms with Crippen molar-refractivity contribution in [2.45, 2.75) is 83.0 Å². The van der Waals surface area contributed by atoms with E-state index in [9.17, 15) is 0 Å². The highest BCUT2D eigenvalue weighted by atomic mass is 15.3. The minimum atomic E-state index is 0.789. The predicted molar refractivity (Wildman–Crippen MR) is 76.7 cm³/mol. The maximum absolute atomic E-state index is 3.52. The monoisotopic (exact) mass is 250 g/mol. The van der Waals surface area contributed by atoms with Crippen molar-refractivity contribution < 1.29 is 0 Å². The Morgan fingerprint density at radius 2 is 1.72 bits per heavy atom. The second-order valence-corrected chi connectivity index (χ2v) is 6.96. The van der Waals surface area contributed by atoms with Crippen LogP contribution >= 0.6 is 0 Å². The second-order valence-electron chi connectivity index (χ2n) is 6.96. The highest BCUT2D eigenvalue weighted by molar-refractivity contribution is 5.02. The van der Waals surface area contributed by atoms with Gasteiger partial charge in [-0.25, -0.2) is 0 Å². The molecule has 2 heterocycles. The van der Waals surface area contributed by atoms with E-state index in [2.05, 4.69) is 31.1 Å². The number of nitrogens with one attached hydrogen (secondary N) is 1. The van der Waals surface area contributed by atoms with Crippen LogP contribution in [0.1, 0.15) is 58.8 Å². The number of rotatable bonds is 3. The summed E-state index contributed by atoms with van der Waals surface area (Å²) in [6.07, 6.45) is 10.1. The molecule has 2 saturated heterocycles. The van der Waals surface area contributed by atoms with Gasteiger partial charge in [-0.3, -0.25) is 4.90 Å². The van der Waals surface area contributed by atoms with Gasteiger partial charge in [-0.05, 0) is 57.4 Å². The molecule has 2 nitrogen and oxygen atoms in total. The Kier molecular flexibility index (Phi) is 3.68. The normalized spacial score (nSPS) is 48.8. The van der Waals surface area contributed by atoms with Crippen LogP contribution in [0.2, 0.25) is 0 Å². The molecule has 104 valence electrons. The molecule has 3 fully saturated rings. The van der Waals surface area contributed by atoms with Crippen LogP contribution in [0.25, 0.3) is 0 Å². The van der Waals surface area contributed by atoms with E-state index in [1.165, 1.54) is 44.9 Å². The first-order chi connectivity index (χ1) is 8.74. The van der Waals surface area contributed by atoms with Crippen LogP contribution < -0.4 is 5.32 Å². The minimum Gasteiger partial charge on any atom is -0.317 e. The molecule has 0 amide bonds. The largest absolute Gasteiger partial charge is 0.317 e. The van der Waals surface area contributed by atoms with Crippen LogP contribution in [0.3, 0.4) is 0 Å². The molecular formula is C16H30N2. The smallest absolute Gasteiger partial charge is 0.0129 e. The third-order valence-corrected chi connectivity index (χ3v) is 6.29. The molecule has 1 aliphatic carbocycles. The second kappa shape index (κ2) is 5.13. The Morgan fingerprint density at radius 1 is 1.06 bits per heavy atom. The summed E-state index contributed by atoms with van der Waals surface area (Å²) in [6.45, 7) is 4.90. The van der Waals surface area contributed by atoms with Crippen LogP contribution in [0.5, 0.6) is 0 Å². The molecule has 0 aromatic rings. The SMILES string of the molecule is CCC1CCC(N2C3CCC2CC(NC)C3)C1C. The Hall–Kier alpha value is -0.0800.